The van der Waals surface area contributed by atoms with Gasteiger partial charge in [-0.1, -0.05) is 63.4 Å². The van der Waals surface area contributed by atoms with E-state index in [1.54, 1.807) is 19.2 Å². The van der Waals surface area contributed by atoms with Crippen LogP contribution in [-0.4, -0.2) is 176 Å². The molecule has 7 rings (SSSR count). The molecule has 1 saturated carbocycles. The van der Waals surface area contributed by atoms with Crippen molar-refractivity contribution >= 4 is 75.9 Å². The Morgan fingerprint density at radius 2 is 1.35 bits per heavy atom. The molecule has 17 N–H and O–H groups in total. The zero-order valence-corrected chi connectivity index (χ0v) is 50.6. The van der Waals surface area contributed by atoms with Crippen LogP contribution in [0.15, 0.2) is 67.3 Å². The molecule has 1 unspecified atom stereocenters. The minimum Gasteiger partial charge on any atom is -0.508 e. The van der Waals surface area contributed by atoms with Gasteiger partial charge in [0.05, 0.1) is 18.6 Å². The number of likely N-dealkylation sites (N-methyl/N-ethyl adjacent to an activating group) is 1. The number of carbonyl (C=O) groups excluding carboxylic acids is 10. The van der Waals surface area contributed by atoms with E-state index in [0.29, 0.717) is 55.5 Å². The molecule has 0 radical (unpaired) electrons. The van der Waals surface area contributed by atoms with Gasteiger partial charge < -0.3 is 84.0 Å². The van der Waals surface area contributed by atoms with Crippen molar-refractivity contribution in [3.63, 3.8) is 0 Å². The Morgan fingerprint density at radius 3 is 2.00 bits per heavy atom. The lowest BCUT2D eigenvalue weighted by Crippen LogP contribution is -2.62. The molecule has 2 saturated heterocycles. The maximum absolute atomic E-state index is 14.9. The van der Waals surface area contributed by atoms with Gasteiger partial charge in [-0.25, -0.2) is 4.98 Å². The number of phenolic OH excluding ortho intramolecular Hbond substituents is 1. The van der Waals surface area contributed by atoms with Gasteiger partial charge >= 0.3 is 0 Å². The van der Waals surface area contributed by atoms with Crippen LogP contribution < -0.4 is 58.9 Å². The summed E-state index contributed by atoms with van der Waals surface area (Å²) >= 11 is 0. The quantitative estimate of drug-likeness (QED) is 0.0168. The number of guanidine groups is 1. The summed E-state index contributed by atoms with van der Waals surface area (Å²) in [5.74, 6) is -7.70. The Bertz CT molecular complexity index is 3110. The van der Waals surface area contributed by atoms with Crippen molar-refractivity contribution in [2.75, 3.05) is 26.2 Å². The van der Waals surface area contributed by atoms with Gasteiger partial charge in [0.15, 0.2) is 5.96 Å². The number of aromatic hydroxyl groups is 1. The average Bonchev–Trinajstić information content (AvgIpc) is 3.11. The highest BCUT2D eigenvalue weighted by molar-refractivity contribution is 5.99. The van der Waals surface area contributed by atoms with Gasteiger partial charge in [-0.3, -0.25) is 53.4 Å². The normalized spacial score (nSPS) is 18.2. The Balaban J connectivity index is 1.12. The number of carbonyl (C=O) groups is 10. The number of likely N-dealkylation sites (tertiary alicyclic amines) is 1. The van der Waals surface area contributed by atoms with E-state index in [1.165, 1.54) is 41.7 Å². The Kier molecular flexibility index (Phi) is 24.8. The van der Waals surface area contributed by atoms with Crippen LogP contribution >= 0.6 is 0 Å². The summed E-state index contributed by atoms with van der Waals surface area (Å²) in [7, 11) is 0. The number of imidazole rings is 1. The molecule has 89 heavy (non-hydrogen) atoms. The van der Waals surface area contributed by atoms with Crippen LogP contribution in [0.4, 0.5) is 0 Å². The first-order valence-corrected chi connectivity index (χ1v) is 30.7. The van der Waals surface area contributed by atoms with Crippen molar-refractivity contribution < 1.29 is 58.2 Å². The Morgan fingerprint density at radius 1 is 0.708 bits per heavy atom. The predicted molar refractivity (Wildman–Crippen MR) is 326 cm³/mol. The van der Waals surface area contributed by atoms with E-state index in [1.807, 2.05) is 32.0 Å². The number of nitrogens with zero attached hydrogens (tertiary/aromatic N) is 2. The lowest BCUT2D eigenvalue weighted by molar-refractivity contribution is -0.142. The molecule has 3 fully saturated rings. The number of rotatable bonds is 31. The molecule has 4 aromatic rings. The molecule has 1 aliphatic carbocycles. The van der Waals surface area contributed by atoms with Gasteiger partial charge in [0, 0.05) is 68.6 Å². The number of hydrogen-bond donors (Lipinski definition) is 16. The highest BCUT2D eigenvalue weighted by Crippen LogP contribution is 2.28. The monoisotopic (exact) mass is 1230 g/mol. The lowest BCUT2D eigenvalue weighted by Gasteiger charge is -2.33. The van der Waals surface area contributed by atoms with Crippen LogP contribution in [0.2, 0.25) is 0 Å². The van der Waals surface area contributed by atoms with Crippen molar-refractivity contribution in [2.45, 2.75) is 171 Å². The molecule has 2 aromatic heterocycles. The van der Waals surface area contributed by atoms with Gasteiger partial charge in [-0.2, -0.15) is 0 Å². The first kappa shape index (κ1) is 67.4. The molecule has 9 atom stereocenters. The Hall–Kier alpha value is -9.08. The van der Waals surface area contributed by atoms with Crippen LogP contribution in [0.25, 0.3) is 10.9 Å². The third-order valence-electron chi connectivity index (χ3n) is 16.3. The number of nitrogens with one attached hydrogen (secondary N) is 13. The third-order valence-corrected chi connectivity index (χ3v) is 16.3. The fourth-order valence-corrected chi connectivity index (χ4v) is 11.7. The van der Waals surface area contributed by atoms with E-state index in [0.717, 1.165) is 30.2 Å². The molecule has 10 amide bonds. The molecule has 4 heterocycles. The lowest BCUT2D eigenvalue weighted by atomic mass is 9.83. The zero-order chi connectivity index (χ0) is 64.1. The van der Waals surface area contributed by atoms with Crippen molar-refractivity contribution in [1.29, 1.82) is 5.41 Å². The fraction of sp³-hybridized carbons (Fsp3) is 0.541. The summed E-state index contributed by atoms with van der Waals surface area (Å²) in [5, 5.41) is 56.7. The van der Waals surface area contributed by atoms with E-state index < -0.39 is 114 Å². The maximum atomic E-state index is 14.9. The summed E-state index contributed by atoms with van der Waals surface area (Å²) in [6.45, 7) is 5.34. The predicted octanol–water partition coefficient (Wildman–Crippen LogP) is -0.694. The van der Waals surface area contributed by atoms with E-state index in [2.05, 4.69) is 68.1 Å². The van der Waals surface area contributed by atoms with Crippen LogP contribution in [-0.2, 0) is 67.2 Å². The number of nitrogens with two attached hydrogens (primary N) is 1. The first-order chi connectivity index (χ1) is 42.7. The summed E-state index contributed by atoms with van der Waals surface area (Å²) in [6, 6.07) is 1.76. The van der Waals surface area contributed by atoms with Gasteiger partial charge in [-0.15, -0.1) is 0 Å². The number of amides is 10. The van der Waals surface area contributed by atoms with E-state index >= 15 is 0 Å². The van der Waals surface area contributed by atoms with Crippen LogP contribution in [0, 0.1) is 17.2 Å². The molecule has 482 valence electrons. The number of H-pyrrole nitrogens is 2. The van der Waals surface area contributed by atoms with Gasteiger partial charge in [-0.05, 0) is 99.5 Å². The van der Waals surface area contributed by atoms with Gasteiger partial charge in [0.1, 0.15) is 60.1 Å². The second-order valence-electron chi connectivity index (χ2n) is 23.5. The molecule has 3 aliphatic rings. The Labute approximate surface area is 515 Å². The molecular weight excluding hydrogens is 1150 g/mol. The number of benzene rings is 2. The minimum absolute atomic E-state index is 0.0809. The number of aromatic nitrogens is 3. The van der Waals surface area contributed by atoms with E-state index in [-0.39, 0.29) is 87.5 Å². The number of phenols is 1. The number of aromatic amines is 2. The fourth-order valence-electron chi connectivity index (χ4n) is 11.7. The van der Waals surface area contributed by atoms with Crippen molar-refractivity contribution in [3.05, 3.63) is 84.1 Å². The number of para-hydroxylation sites is 1. The number of fused-ring (bicyclic) bond motifs is 1. The average molecular weight is 1240 g/mol. The van der Waals surface area contributed by atoms with Crippen LogP contribution in [0.1, 0.15) is 115 Å². The maximum Gasteiger partial charge on any atom is 0.245 e. The first-order valence-electron chi connectivity index (χ1n) is 30.7. The highest BCUT2D eigenvalue weighted by atomic mass is 16.3. The van der Waals surface area contributed by atoms with Crippen LogP contribution in [0.3, 0.4) is 0 Å². The molecule has 0 bridgehead atoms. The largest absolute Gasteiger partial charge is 0.508 e. The van der Waals surface area contributed by atoms with Crippen molar-refractivity contribution in [3.8, 4) is 5.75 Å². The molecular formula is C61H86N16O12. The third kappa shape index (κ3) is 19.5. The number of hydrogen-bond acceptors (Lipinski definition) is 14. The summed E-state index contributed by atoms with van der Waals surface area (Å²) in [5.41, 5.74) is 7.68. The second-order valence-corrected chi connectivity index (χ2v) is 23.5. The highest BCUT2D eigenvalue weighted by Gasteiger charge is 2.41. The summed E-state index contributed by atoms with van der Waals surface area (Å²) in [6.07, 6.45) is 9.26. The number of aliphatic hydroxyl groups excluding tert-OH is 1. The smallest absolute Gasteiger partial charge is 0.245 e. The van der Waals surface area contributed by atoms with Crippen LogP contribution in [0.5, 0.6) is 5.75 Å². The van der Waals surface area contributed by atoms with Crippen molar-refractivity contribution in [1.82, 2.24) is 73.0 Å². The van der Waals surface area contributed by atoms with Crippen molar-refractivity contribution in [2.24, 2.45) is 17.6 Å². The molecule has 2 aromatic carbocycles. The molecule has 28 nitrogen and oxygen atoms in total. The zero-order valence-electron chi connectivity index (χ0n) is 50.6. The minimum atomic E-state index is -1.75. The molecule has 0 spiro atoms. The standard InChI is InChI=1S/C61H86N16O12/c1-4-65-58(87)49-17-11-25-77(49)60(89)43(16-10-24-66-61(62)63)70-53(82)44(26-34(2)3)74-59(88)51(36-12-6-5-7-13-36)76-56(85)45(27-35-18-20-39(79)21-19-35)71-57(86)48(32-78)75-54(83)46(28-37-30-67-41-15-9-8-14-40(37)41)72-55(84)47(29-38-31-64-33-68-38)73-52(81)42-22-23-50(80)69-42/h8-9,14-15,18-21,30-31,33-34,36,42-49,51,67,78-79H,4-7,10-13,16-17,22-29,32H2,1-3H3,(H,64,68)(H,65,87)(H,69,80)(H,70,82)(H,71,86)(H,72,84)(H,73,81)(H,74,88)(H,75,83)(H,76,85)(H4,62,63,66)/t42-,43-,44-,45-,46-,47-,48-,49-,51?/m0/s1. The topological polar surface area (TPSA) is 429 Å². The molecule has 28 heteroatoms. The molecule has 2 aliphatic heterocycles. The van der Waals surface area contributed by atoms with E-state index in [4.69, 9.17) is 11.1 Å². The summed E-state index contributed by atoms with van der Waals surface area (Å²) in [4.78, 5) is 152. The van der Waals surface area contributed by atoms with Gasteiger partial charge in [0.25, 0.3) is 0 Å². The van der Waals surface area contributed by atoms with Gasteiger partial charge in [0.2, 0.25) is 59.1 Å². The number of aliphatic hydroxyl groups is 1. The summed E-state index contributed by atoms with van der Waals surface area (Å²) < 4.78 is 0. The second kappa shape index (κ2) is 32.8. The van der Waals surface area contributed by atoms with E-state index in [9.17, 15) is 58.2 Å². The SMILES string of the molecule is CCNC(=O)[C@@H]1CCCN1C(=O)[C@H](CCCNC(=N)N)NC(=O)[C@H](CC(C)C)NC(=O)C(NC(=O)[C@H](Cc1ccc(O)cc1)NC(=O)[C@H](CO)NC(=O)[C@H](Cc1c[nH]c2ccccc12)NC(=O)[C@H](Cc1c[nH]cn1)NC(=O)[C@@H]1CCC(=O)N1)C1CCCCC1.